The topological polar surface area (TPSA) is 182 Å². The lowest BCUT2D eigenvalue weighted by Crippen LogP contribution is -2.70. The average Bonchev–Trinajstić information content (AvgIpc) is 2.80. The largest absolute Gasteiger partial charge is 0.508 e. The Hall–Kier alpha value is -2.86. The summed E-state index contributed by atoms with van der Waals surface area (Å²) in [5.41, 5.74) is 1.63. The van der Waals surface area contributed by atoms with Crippen LogP contribution in [0.5, 0.6) is 5.75 Å². The van der Waals surface area contributed by atoms with E-state index in [4.69, 9.17) is 5.73 Å². The van der Waals surface area contributed by atoms with Crippen molar-refractivity contribution in [3.05, 3.63) is 46.2 Å². The Morgan fingerprint density at radius 2 is 1.84 bits per heavy atom. The summed E-state index contributed by atoms with van der Waals surface area (Å²) in [4.78, 5) is 40.8. The first-order valence-corrected chi connectivity index (χ1v) is 13.1. The number of carbonyl (C=O) groups is 3. The number of phenols is 1. The zero-order chi connectivity index (χ0) is 27.6. The maximum atomic E-state index is 14.0. The fourth-order valence-corrected chi connectivity index (χ4v) is 7.27. The Morgan fingerprint density at radius 1 is 1.19 bits per heavy atom. The molecule has 6 atom stereocenters. The first kappa shape index (κ1) is 27.2. The van der Waals surface area contributed by atoms with E-state index < -0.39 is 70.1 Å². The number of phenolic OH excluding ortho intramolecular Hbond substituents is 1. The van der Waals surface area contributed by atoms with E-state index in [0.717, 1.165) is 5.75 Å². The van der Waals surface area contributed by atoms with Gasteiger partial charge in [0.2, 0.25) is 5.78 Å². The van der Waals surface area contributed by atoms with Gasteiger partial charge in [-0.15, -0.1) is 0 Å². The molecule has 0 aromatic heterocycles. The molecule has 7 N–H and O–H groups in total. The molecule has 0 bridgehead atoms. The number of amides is 1. The average molecular weight is 533 g/mol. The van der Waals surface area contributed by atoms with Crippen LogP contribution in [0.1, 0.15) is 30.9 Å². The van der Waals surface area contributed by atoms with Crippen LogP contribution in [0, 0.1) is 17.8 Å². The summed E-state index contributed by atoms with van der Waals surface area (Å²) in [7, 11) is 2.96. The number of hydrogen-bond donors (Lipinski definition) is 6. The fraction of sp³-hybridized carbons (Fsp3) is 0.500. The van der Waals surface area contributed by atoms with E-state index in [1.165, 1.54) is 25.1 Å². The molecule has 200 valence electrons. The van der Waals surface area contributed by atoms with Gasteiger partial charge in [-0.3, -0.25) is 19.3 Å². The number of thioether (sulfide) groups is 1. The minimum Gasteiger partial charge on any atom is -0.508 e. The molecule has 1 fully saturated rings. The number of rotatable bonds is 6. The number of ketones is 2. The van der Waals surface area contributed by atoms with Gasteiger partial charge < -0.3 is 31.3 Å². The number of aliphatic hydroxyl groups excluding tert-OH is 3. The predicted octanol–water partition coefficient (Wildman–Crippen LogP) is 0.865. The highest BCUT2D eigenvalue weighted by Gasteiger charge is 2.68. The summed E-state index contributed by atoms with van der Waals surface area (Å²) in [5.74, 6) is -7.28. The first-order valence-electron chi connectivity index (χ1n) is 12.0. The minimum absolute atomic E-state index is 0.00105. The van der Waals surface area contributed by atoms with Crippen LogP contribution in [-0.4, -0.2) is 91.3 Å². The highest BCUT2D eigenvalue weighted by atomic mass is 32.2. The van der Waals surface area contributed by atoms with E-state index in [1.54, 1.807) is 23.9 Å². The number of aromatic hydroxyl groups is 1. The van der Waals surface area contributed by atoms with Gasteiger partial charge >= 0.3 is 0 Å². The van der Waals surface area contributed by atoms with Crippen LogP contribution >= 0.6 is 11.8 Å². The first-order chi connectivity index (χ1) is 17.3. The second kappa shape index (κ2) is 9.46. The lowest BCUT2D eigenvalue weighted by molar-refractivity contribution is -0.169. The van der Waals surface area contributed by atoms with E-state index in [9.17, 15) is 39.9 Å². The quantitative estimate of drug-likeness (QED) is 0.288. The Morgan fingerprint density at radius 3 is 2.41 bits per heavy atom. The third kappa shape index (κ3) is 3.87. The van der Waals surface area contributed by atoms with E-state index in [-0.39, 0.29) is 16.9 Å². The molecule has 0 heterocycles. The predicted molar refractivity (Wildman–Crippen MR) is 137 cm³/mol. The van der Waals surface area contributed by atoms with Crippen molar-refractivity contribution in [1.29, 1.82) is 0 Å². The number of benzene rings is 1. The summed E-state index contributed by atoms with van der Waals surface area (Å²) in [5, 5.41) is 56.3. The molecule has 0 radical (unpaired) electrons. The van der Waals surface area contributed by atoms with Gasteiger partial charge in [0.1, 0.15) is 22.8 Å². The van der Waals surface area contributed by atoms with Crippen molar-refractivity contribution >= 4 is 35.0 Å². The van der Waals surface area contributed by atoms with Gasteiger partial charge in [-0.2, -0.15) is 11.8 Å². The number of aliphatic hydroxyl groups is 4. The molecule has 37 heavy (non-hydrogen) atoms. The molecule has 0 saturated heterocycles. The Bertz CT molecular complexity index is 1240. The Labute approximate surface area is 218 Å². The van der Waals surface area contributed by atoms with E-state index in [2.05, 4.69) is 0 Å². The van der Waals surface area contributed by atoms with Crippen LogP contribution in [0.25, 0.3) is 5.76 Å². The number of primary amides is 1. The van der Waals surface area contributed by atoms with E-state index in [0.29, 0.717) is 17.2 Å². The molecule has 1 saturated carbocycles. The molecule has 11 heteroatoms. The van der Waals surface area contributed by atoms with Gasteiger partial charge in [-0.05, 0) is 37.4 Å². The maximum absolute atomic E-state index is 14.0. The molecular weight excluding hydrogens is 500 g/mol. The third-order valence-electron chi connectivity index (χ3n) is 7.55. The van der Waals surface area contributed by atoms with Crippen LogP contribution in [0.4, 0.5) is 0 Å². The molecule has 3 unspecified atom stereocenters. The molecule has 1 aromatic rings. The van der Waals surface area contributed by atoms with E-state index >= 15 is 0 Å². The summed E-state index contributed by atoms with van der Waals surface area (Å²) in [6.07, 6.45) is -1.60. The number of fused-ring (bicyclic) bond motifs is 3. The Kier molecular flexibility index (Phi) is 6.95. The molecule has 4 rings (SSSR count). The summed E-state index contributed by atoms with van der Waals surface area (Å²) in [6, 6.07) is 3.26. The van der Waals surface area contributed by atoms with Crippen molar-refractivity contribution in [2.75, 3.05) is 25.6 Å². The van der Waals surface area contributed by atoms with Crippen molar-refractivity contribution in [3.63, 3.8) is 0 Å². The van der Waals surface area contributed by atoms with E-state index in [1.807, 2.05) is 13.8 Å². The highest BCUT2D eigenvalue weighted by molar-refractivity contribution is 7.99. The summed E-state index contributed by atoms with van der Waals surface area (Å²) < 4.78 is 0. The van der Waals surface area contributed by atoms with Crippen molar-refractivity contribution in [3.8, 4) is 5.75 Å². The highest BCUT2D eigenvalue weighted by Crippen LogP contribution is 2.56. The lowest BCUT2D eigenvalue weighted by Gasteiger charge is -2.54. The third-order valence-corrected chi connectivity index (χ3v) is 9.04. The number of likely N-dealkylation sites (N-methyl/N-ethyl adjacent to an activating group) is 1. The van der Waals surface area contributed by atoms with Crippen LogP contribution < -0.4 is 5.73 Å². The number of hydrogen-bond acceptors (Lipinski definition) is 10. The molecule has 0 spiro atoms. The zero-order valence-electron chi connectivity index (χ0n) is 21.0. The Balaban J connectivity index is 2.00. The van der Waals surface area contributed by atoms with Crippen LogP contribution in [0.15, 0.2) is 35.1 Å². The van der Waals surface area contributed by atoms with Gasteiger partial charge in [0.25, 0.3) is 5.91 Å². The van der Waals surface area contributed by atoms with Gasteiger partial charge in [-0.25, -0.2) is 0 Å². The van der Waals surface area contributed by atoms with Crippen molar-refractivity contribution in [1.82, 2.24) is 4.90 Å². The number of carbonyl (C=O) groups excluding carboxylic acids is 3. The van der Waals surface area contributed by atoms with Crippen LogP contribution in [0.2, 0.25) is 0 Å². The standard InChI is InChI=1S/C26H32N2O8S/c1-10(2)8-37-9-12-11-6-5-7-13(29)14(11)20(30)16-15(12)21(31)18-19(28(3)4)22(32)17(25(27)35)24(34)26(18,36)23(16)33/h5-7,10,12,15,18-19,21,29-31,34,36H,8-9H2,1-4H3,(H2,27,35)/t12-,15?,18?,19-,21?,26-/m0/s1. The van der Waals surface area contributed by atoms with Crippen LogP contribution in [-0.2, 0) is 14.4 Å². The molecule has 10 nitrogen and oxygen atoms in total. The summed E-state index contributed by atoms with van der Waals surface area (Å²) in [6.45, 7) is 4.09. The van der Waals surface area contributed by atoms with Crippen LogP contribution in [0.3, 0.4) is 0 Å². The van der Waals surface area contributed by atoms with Gasteiger partial charge in [-0.1, -0.05) is 26.0 Å². The number of nitrogens with two attached hydrogens (primary N) is 1. The molecule has 3 aliphatic rings. The van der Waals surface area contributed by atoms with Crippen molar-refractivity contribution < 1.29 is 39.9 Å². The van der Waals surface area contributed by atoms with Gasteiger partial charge in [0, 0.05) is 23.2 Å². The molecule has 3 aliphatic carbocycles. The second-order valence-electron chi connectivity index (χ2n) is 10.5. The zero-order valence-corrected chi connectivity index (χ0v) is 21.8. The number of Topliss-reactive ketones (excluding diaryl/α,β-unsaturated/α-hetero) is 2. The second-order valence-corrected chi connectivity index (χ2v) is 11.6. The molecule has 0 aliphatic heterocycles. The smallest absolute Gasteiger partial charge is 0.255 e. The molecule has 1 aromatic carbocycles. The minimum atomic E-state index is -2.91. The summed E-state index contributed by atoms with van der Waals surface area (Å²) >= 11 is 1.57. The lowest BCUT2D eigenvalue weighted by atomic mass is 9.54. The number of nitrogens with zero attached hydrogens (tertiary/aromatic N) is 1. The van der Waals surface area contributed by atoms with Crippen molar-refractivity contribution in [2.45, 2.75) is 37.5 Å². The molecule has 1 amide bonds. The fourth-order valence-electron chi connectivity index (χ4n) is 6.02. The SMILES string of the molecule is CC(C)CSC[C@H]1c2cccc(O)c2C(O)=C2C(=O)[C@]3(O)C(O)=C(C(N)=O)C(=O)[C@@H](N(C)C)C3C(O)C21. The van der Waals surface area contributed by atoms with Crippen molar-refractivity contribution in [2.24, 2.45) is 23.5 Å². The van der Waals surface area contributed by atoms with Gasteiger partial charge in [0.05, 0.1) is 23.6 Å². The monoisotopic (exact) mass is 532 g/mol. The maximum Gasteiger partial charge on any atom is 0.255 e. The van der Waals surface area contributed by atoms with Gasteiger partial charge in [0.15, 0.2) is 11.4 Å². The normalized spacial score (nSPS) is 31.5. The molecular formula is C26H32N2O8S.